The molecule has 1 aromatic heterocycles. The lowest BCUT2D eigenvalue weighted by Crippen LogP contribution is -1.98. The molecular weight excluding hydrogens is 410 g/mol. The summed E-state index contributed by atoms with van der Waals surface area (Å²) in [6.07, 6.45) is 1.57. The zero-order chi connectivity index (χ0) is 21.6. The van der Waals surface area contributed by atoms with E-state index in [1.165, 1.54) is 0 Å². The molecular formula is C25H19NO4S. The van der Waals surface area contributed by atoms with E-state index in [2.05, 4.69) is 0 Å². The lowest BCUT2D eigenvalue weighted by molar-refractivity contribution is 0.0696. The highest BCUT2D eigenvalue weighted by atomic mass is 32.1. The average Bonchev–Trinajstić information content (AvgIpc) is 3.27. The number of nitrogens with zero attached hydrogens (tertiary/aromatic N) is 1. The fourth-order valence-corrected chi connectivity index (χ4v) is 3.88. The fraction of sp³-hybridized carbons (Fsp3) is 0.0800. The van der Waals surface area contributed by atoms with Crippen LogP contribution in [-0.4, -0.2) is 22.3 Å². The standard InChI is InChI=1S/C25H19NO4S/c27-14-18-3-1-17(2-4-18)13-24-26-23(16-31-24)20-9-11-22(12-10-20)30-15-19-5-7-21(8-6-19)25(28)29/h1-12,14,16H,13,15H2,(H,28,29). The molecule has 3 aromatic carbocycles. The first-order chi connectivity index (χ1) is 15.1. The lowest BCUT2D eigenvalue weighted by Gasteiger charge is -2.07. The van der Waals surface area contributed by atoms with Gasteiger partial charge in [0.05, 0.1) is 16.3 Å². The third-order valence-electron chi connectivity index (χ3n) is 4.78. The smallest absolute Gasteiger partial charge is 0.335 e. The molecule has 0 fully saturated rings. The average molecular weight is 429 g/mol. The van der Waals surface area contributed by atoms with E-state index in [4.69, 9.17) is 14.8 Å². The SMILES string of the molecule is O=Cc1ccc(Cc2nc(-c3ccc(OCc4ccc(C(=O)O)cc4)cc3)cs2)cc1. The Balaban J connectivity index is 1.36. The van der Waals surface area contributed by atoms with Crippen LogP contribution in [0.25, 0.3) is 11.3 Å². The number of carbonyl (C=O) groups excluding carboxylic acids is 1. The van der Waals surface area contributed by atoms with Crippen molar-refractivity contribution in [1.29, 1.82) is 0 Å². The van der Waals surface area contributed by atoms with Crippen LogP contribution in [0, 0.1) is 0 Å². The first-order valence-electron chi connectivity index (χ1n) is 9.65. The summed E-state index contributed by atoms with van der Waals surface area (Å²) < 4.78 is 5.80. The Kier molecular flexibility index (Phi) is 6.19. The molecule has 0 saturated carbocycles. The van der Waals surface area contributed by atoms with Crippen molar-refractivity contribution in [2.45, 2.75) is 13.0 Å². The van der Waals surface area contributed by atoms with E-state index in [1.54, 1.807) is 35.6 Å². The highest BCUT2D eigenvalue weighted by molar-refractivity contribution is 7.10. The first-order valence-corrected chi connectivity index (χ1v) is 10.5. The summed E-state index contributed by atoms with van der Waals surface area (Å²) in [4.78, 5) is 26.4. The van der Waals surface area contributed by atoms with Crippen molar-refractivity contribution in [2.75, 3.05) is 0 Å². The topological polar surface area (TPSA) is 76.5 Å². The molecule has 1 N–H and O–H groups in total. The van der Waals surface area contributed by atoms with Crippen LogP contribution in [0.1, 0.15) is 36.9 Å². The van der Waals surface area contributed by atoms with Gasteiger partial charge in [-0.25, -0.2) is 9.78 Å². The third kappa shape index (κ3) is 5.24. The van der Waals surface area contributed by atoms with E-state index in [9.17, 15) is 9.59 Å². The summed E-state index contributed by atoms with van der Waals surface area (Å²) in [7, 11) is 0. The van der Waals surface area contributed by atoms with Gasteiger partial charge >= 0.3 is 5.97 Å². The number of thiazole rings is 1. The predicted molar refractivity (Wildman–Crippen MR) is 120 cm³/mol. The molecule has 0 unspecified atom stereocenters. The van der Waals surface area contributed by atoms with E-state index in [1.807, 2.05) is 53.9 Å². The molecule has 1 heterocycles. The summed E-state index contributed by atoms with van der Waals surface area (Å²) in [5.41, 5.74) is 4.88. The van der Waals surface area contributed by atoms with E-state index in [-0.39, 0.29) is 5.56 Å². The van der Waals surface area contributed by atoms with Crippen molar-refractivity contribution < 1.29 is 19.4 Å². The van der Waals surface area contributed by atoms with E-state index in [0.717, 1.165) is 45.8 Å². The minimum atomic E-state index is -0.941. The summed E-state index contributed by atoms with van der Waals surface area (Å²) in [6.45, 7) is 0.364. The van der Waals surface area contributed by atoms with Gasteiger partial charge in [0, 0.05) is 22.9 Å². The molecule has 0 aliphatic heterocycles. The van der Waals surface area contributed by atoms with Crippen LogP contribution in [0.4, 0.5) is 0 Å². The highest BCUT2D eigenvalue weighted by Crippen LogP contribution is 2.26. The monoisotopic (exact) mass is 429 g/mol. The summed E-state index contributed by atoms with van der Waals surface area (Å²) in [5.74, 6) is -0.208. The minimum absolute atomic E-state index is 0.258. The molecule has 0 atom stereocenters. The molecule has 4 rings (SSSR count). The van der Waals surface area contributed by atoms with Crippen molar-refractivity contribution in [3.8, 4) is 17.0 Å². The number of hydrogen-bond donors (Lipinski definition) is 1. The molecule has 6 heteroatoms. The number of hydrogen-bond acceptors (Lipinski definition) is 5. The normalized spacial score (nSPS) is 10.6. The van der Waals surface area contributed by atoms with Crippen LogP contribution < -0.4 is 4.74 Å². The zero-order valence-corrected chi connectivity index (χ0v) is 17.3. The van der Waals surface area contributed by atoms with Crippen molar-refractivity contribution >= 4 is 23.6 Å². The number of aromatic carboxylic acids is 1. The summed E-state index contributed by atoms with van der Waals surface area (Å²) in [5, 5.41) is 12.0. The Morgan fingerprint density at radius 3 is 2.26 bits per heavy atom. The maximum absolute atomic E-state index is 10.9. The van der Waals surface area contributed by atoms with Crippen molar-refractivity contribution in [1.82, 2.24) is 4.98 Å². The quantitative estimate of drug-likeness (QED) is 0.375. The van der Waals surface area contributed by atoms with E-state index in [0.29, 0.717) is 12.2 Å². The predicted octanol–water partition coefficient (Wildman–Crippen LogP) is 5.49. The fourth-order valence-electron chi connectivity index (χ4n) is 3.05. The number of carboxylic acid groups (broad SMARTS) is 1. The van der Waals surface area contributed by atoms with E-state index < -0.39 is 5.97 Å². The van der Waals surface area contributed by atoms with Gasteiger partial charge in [0.2, 0.25) is 0 Å². The minimum Gasteiger partial charge on any atom is -0.489 e. The molecule has 0 radical (unpaired) electrons. The number of carboxylic acids is 1. The maximum atomic E-state index is 10.9. The molecule has 154 valence electrons. The summed E-state index contributed by atoms with van der Waals surface area (Å²) in [6, 6.07) is 21.9. The molecule has 0 aliphatic rings. The summed E-state index contributed by atoms with van der Waals surface area (Å²) >= 11 is 1.61. The van der Waals surface area contributed by atoms with Gasteiger partial charge in [-0.2, -0.15) is 0 Å². The number of aldehydes is 1. The second kappa shape index (κ2) is 9.36. The van der Waals surface area contributed by atoms with Crippen LogP contribution in [0.15, 0.2) is 78.2 Å². The molecule has 0 aliphatic carbocycles. The van der Waals surface area contributed by atoms with Crippen molar-refractivity contribution in [2.24, 2.45) is 0 Å². The molecule has 0 spiro atoms. The Morgan fingerprint density at radius 2 is 1.61 bits per heavy atom. The van der Waals surface area contributed by atoms with Crippen LogP contribution in [-0.2, 0) is 13.0 Å². The van der Waals surface area contributed by atoms with Gasteiger partial charge in [0.1, 0.15) is 18.6 Å². The van der Waals surface area contributed by atoms with Crippen molar-refractivity contribution in [3.63, 3.8) is 0 Å². The molecule has 0 amide bonds. The Labute approximate surface area is 183 Å². The molecule has 0 saturated heterocycles. The molecule has 0 bridgehead atoms. The van der Waals surface area contributed by atoms with Crippen molar-refractivity contribution in [3.05, 3.63) is 105 Å². The molecule has 5 nitrogen and oxygen atoms in total. The number of ether oxygens (including phenoxy) is 1. The number of carbonyl (C=O) groups is 2. The Bertz CT molecular complexity index is 1180. The second-order valence-corrected chi connectivity index (χ2v) is 7.92. The maximum Gasteiger partial charge on any atom is 0.335 e. The largest absolute Gasteiger partial charge is 0.489 e. The van der Waals surface area contributed by atoms with Crippen LogP contribution in [0.5, 0.6) is 5.75 Å². The van der Waals surface area contributed by atoms with E-state index >= 15 is 0 Å². The second-order valence-electron chi connectivity index (χ2n) is 6.98. The Morgan fingerprint density at radius 1 is 0.935 bits per heavy atom. The van der Waals surface area contributed by atoms with Gasteiger partial charge in [-0.05, 0) is 47.5 Å². The van der Waals surface area contributed by atoms with Crippen LogP contribution in [0.2, 0.25) is 0 Å². The van der Waals surface area contributed by atoms with Gasteiger partial charge in [-0.1, -0.05) is 36.4 Å². The lowest BCUT2D eigenvalue weighted by atomic mass is 10.1. The first kappa shape index (κ1) is 20.5. The number of benzene rings is 3. The number of rotatable bonds is 8. The zero-order valence-electron chi connectivity index (χ0n) is 16.5. The Hall–Kier alpha value is -3.77. The van der Waals surface area contributed by atoms with Gasteiger partial charge < -0.3 is 9.84 Å². The third-order valence-corrected chi connectivity index (χ3v) is 5.63. The van der Waals surface area contributed by atoms with Crippen LogP contribution in [0.3, 0.4) is 0 Å². The highest BCUT2D eigenvalue weighted by Gasteiger charge is 2.07. The molecule has 4 aromatic rings. The van der Waals surface area contributed by atoms with Gasteiger partial charge in [0.25, 0.3) is 0 Å². The number of aromatic nitrogens is 1. The van der Waals surface area contributed by atoms with Crippen LogP contribution >= 0.6 is 11.3 Å². The van der Waals surface area contributed by atoms with Gasteiger partial charge in [-0.3, -0.25) is 4.79 Å². The molecule has 31 heavy (non-hydrogen) atoms. The van der Waals surface area contributed by atoms with Gasteiger partial charge in [0.15, 0.2) is 0 Å². The van der Waals surface area contributed by atoms with Gasteiger partial charge in [-0.15, -0.1) is 11.3 Å².